The molecule has 0 bridgehead atoms. The largest absolute Gasteiger partial charge is 0.349 e. The molecule has 0 saturated heterocycles. The van der Waals surface area contributed by atoms with E-state index in [1.165, 1.54) is 6.07 Å². The highest BCUT2D eigenvalue weighted by Crippen LogP contribution is 2.13. The predicted octanol–water partition coefficient (Wildman–Crippen LogP) is 3.28. The van der Waals surface area contributed by atoms with Crippen LogP contribution in [0.3, 0.4) is 0 Å². The molecule has 0 saturated carbocycles. The minimum atomic E-state index is -0.441. The van der Waals surface area contributed by atoms with Gasteiger partial charge in [-0.3, -0.25) is 4.79 Å². The van der Waals surface area contributed by atoms with Gasteiger partial charge in [0.2, 0.25) is 0 Å². The summed E-state index contributed by atoms with van der Waals surface area (Å²) in [5.74, 6) is -0.498. The van der Waals surface area contributed by atoms with E-state index < -0.39 is 5.82 Å². The Labute approximate surface area is 110 Å². The molecule has 0 fully saturated rings. The third-order valence-corrected chi connectivity index (χ3v) is 3.91. The fourth-order valence-electron chi connectivity index (χ4n) is 1.38. The summed E-state index contributed by atoms with van der Waals surface area (Å²) < 4.78 is 13.7. The zero-order valence-corrected chi connectivity index (χ0v) is 11.8. The maximum absolute atomic E-state index is 13.7. The second kappa shape index (κ2) is 6.15. The number of halogens is 2. The first-order chi connectivity index (χ1) is 7.97. The van der Waals surface area contributed by atoms with Gasteiger partial charge in [-0.15, -0.1) is 0 Å². The van der Waals surface area contributed by atoms with Crippen molar-refractivity contribution in [3.8, 4) is 0 Å². The first kappa shape index (κ1) is 14.2. The first-order valence-electron chi connectivity index (χ1n) is 5.59. The molecule has 1 aromatic carbocycles. The zero-order chi connectivity index (χ0) is 13.0. The highest BCUT2D eigenvalue weighted by atomic mass is 79.9. The van der Waals surface area contributed by atoms with Crippen LogP contribution < -0.4 is 5.32 Å². The Balaban J connectivity index is 2.80. The molecular weight excluding hydrogens is 285 g/mol. The topological polar surface area (TPSA) is 29.1 Å². The Kier molecular flexibility index (Phi) is 5.12. The van der Waals surface area contributed by atoms with Crippen LogP contribution in [0.4, 0.5) is 4.39 Å². The van der Waals surface area contributed by atoms with Gasteiger partial charge in [0.1, 0.15) is 5.82 Å². The number of carbonyl (C=O) groups is 1. The summed E-state index contributed by atoms with van der Waals surface area (Å²) in [5.41, 5.74) is 0.595. The summed E-state index contributed by atoms with van der Waals surface area (Å²) in [4.78, 5) is 11.9. The molecule has 17 heavy (non-hydrogen) atoms. The third-order valence-electron chi connectivity index (χ3n) is 2.89. The van der Waals surface area contributed by atoms with Crippen molar-refractivity contribution < 1.29 is 9.18 Å². The molecule has 1 rings (SSSR count). The van der Waals surface area contributed by atoms with E-state index in [1.807, 2.05) is 13.8 Å². The Morgan fingerprint density at radius 1 is 1.47 bits per heavy atom. The van der Waals surface area contributed by atoms with Crippen molar-refractivity contribution in [2.45, 2.75) is 26.8 Å². The van der Waals surface area contributed by atoms with Crippen LogP contribution >= 0.6 is 15.9 Å². The summed E-state index contributed by atoms with van der Waals surface area (Å²) in [6, 6.07) is 4.84. The molecule has 1 N–H and O–H groups in total. The number of alkyl halides is 1. The van der Waals surface area contributed by atoms with Crippen LogP contribution in [0.5, 0.6) is 0 Å². The van der Waals surface area contributed by atoms with Crippen molar-refractivity contribution in [1.29, 1.82) is 0 Å². The fraction of sp³-hybridized carbons (Fsp3) is 0.462. The van der Waals surface area contributed by atoms with E-state index in [-0.39, 0.29) is 17.5 Å². The molecule has 2 nitrogen and oxygen atoms in total. The van der Waals surface area contributed by atoms with Crippen LogP contribution in [0, 0.1) is 18.7 Å². The van der Waals surface area contributed by atoms with E-state index in [9.17, 15) is 9.18 Å². The quantitative estimate of drug-likeness (QED) is 0.850. The van der Waals surface area contributed by atoms with E-state index in [2.05, 4.69) is 21.2 Å². The normalized spacial score (nSPS) is 14.2. The molecule has 4 heteroatoms. The summed E-state index contributed by atoms with van der Waals surface area (Å²) in [6.07, 6.45) is 0. The smallest absolute Gasteiger partial charge is 0.254 e. The van der Waals surface area contributed by atoms with Gasteiger partial charge in [0.05, 0.1) is 5.56 Å². The standard InChI is InChI=1S/C13H17BrFNO/c1-8-5-4-6-11(12(8)15)13(17)16-10(3)9(2)7-14/h4-6,9-10H,7H2,1-3H3,(H,16,17). The number of nitrogens with one attached hydrogen (secondary N) is 1. The van der Waals surface area contributed by atoms with Gasteiger partial charge in [-0.25, -0.2) is 4.39 Å². The van der Waals surface area contributed by atoms with Crippen LogP contribution in [0.25, 0.3) is 0 Å². The molecule has 0 aromatic heterocycles. The summed E-state index contributed by atoms with van der Waals surface area (Å²) in [6.45, 7) is 5.58. The van der Waals surface area contributed by atoms with Gasteiger partial charge in [0.15, 0.2) is 0 Å². The first-order valence-corrected chi connectivity index (χ1v) is 6.71. The lowest BCUT2D eigenvalue weighted by Crippen LogP contribution is -2.38. The molecule has 2 atom stereocenters. The minimum absolute atomic E-state index is 0.00165. The SMILES string of the molecule is Cc1cccc(C(=O)NC(C)C(C)CBr)c1F. The van der Waals surface area contributed by atoms with Gasteiger partial charge in [0, 0.05) is 11.4 Å². The Hall–Kier alpha value is -0.900. The van der Waals surface area contributed by atoms with E-state index in [4.69, 9.17) is 0 Å². The molecule has 1 amide bonds. The molecule has 0 radical (unpaired) electrons. The zero-order valence-electron chi connectivity index (χ0n) is 10.3. The fourth-order valence-corrected chi connectivity index (χ4v) is 1.94. The highest BCUT2D eigenvalue weighted by molar-refractivity contribution is 9.09. The van der Waals surface area contributed by atoms with Crippen molar-refractivity contribution in [2.75, 3.05) is 5.33 Å². The van der Waals surface area contributed by atoms with Crippen molar-refractivity contribution in [3.05, 3.63) is 35.1 Å². The van der Waals surface area contributed by atoms with Crippen LogP contribution in [0.2, 0.25) is 0 Å². The van der Waals surface area contributed by atoms with Crippen molar-refractivity contribution in [3.63, 3.8) is 0 Å². The van der Waals surface area contributed by atoms with E-state index in [0.29, 0.717) is 11.5 Å². The van der Waals surface area contributed by atoms with Crippen LogP contribution in [0.1, 0.15) is 29.8 Å². The Morgan fingerprint density at radius 2 is 2.12 bits per heavy atom. The Bertz CT molecular complexity index is 408. The second-order valence-corrected chi connectivity index (χ2v) is 4.98. The van der Waals surface area contributed by atoms with E-state index >= 15 is 0 Å². The number of benzene rings is 1. The lowest BCUT2D eigenvalue weighted by Gasteiger charge is -2.19. The lowest BCUT2D eigenvalue weighted by molar-refractivity contribution is 0.0927. The molecule has 0 heterocycles. The molecular formula is C13H17BrFNO. The maximum atomic E-state index is 13.7. The summed E-state index contributed by atoms with van der Waals surface area (Å²) in [5, 5.41) is 3.60. The average molecular weight is 302 g/mol. The number of rotatable bonds is 4. The van der Waals surface area contributed by atoms with Gasteiger partial charge in [-0.1, -0.05) is 35.0 Å². The van der Waals surface area contributed by atoms with Gasteiger partial charge < -0.3 is 5.32 Å². The Morgan fingerprint density at radius 3 is 2.71 bits per heavy atom. The van der Waals surface area contributed by atoms with Gasteiger partial charge in [-0.2, -0.15) is 0 Å². The van der Waals surface area contributed by atoms with Crippen molar-refractivity contribution in [2.24, 2.45) is 5.92 Å². The van der Waals surface area contributed by atoms with Crippen LogP contribution in [0.15, 0.2) is 18.2 Å². The van der Waals surface area contributed by atoms with E-state index in [0.717, 1.165) is 5.33 Å². The predicted molar refractivity (Wildman–Crippen MR) is 71.0 cm³/mol. The molecule has 0 aliphatic heterocycles. The molecule has 1 aromatic rings. The van der Waals surface area contributed by atoms with E-state index in [1.54, 1.807) is 19.1 Å². The van der Waals surface area contributed by atoms with Crippen LogP contribution in [-0.4, -0.2) is 17.3 Å². The molecule has 94 valence electrons. The van der Waals surface area contributed by atoms with Crippen molar-refractivity contribution >= 4 is 21.8 Å². The monoisotopic (exact) mass is 301 g/mol. The molecule has 0 aliphatic rings. The summed E-state index contributed by atoms with van der Waals surface area (Å²) >= 11 is 3.36. The molecule has 0 aliphatic carbocycles. The highest BCUT2D eigenvalue weighted by Gasteiger charge is 2.17. The molecule has 0 spiro atoms. The number of amides is 1. The lowest BCUT2D eigenvalue weighted by atomic mass is 10.0. The third kappa shape index (κ3) is 3.53. The van der Waals surface area contributed by atoms with Crippen LogP contribution in [-0.2, 0) is 0 Å². The second-order valence-electron chi connectivity index (χ2n) is 4.33. The number of carbonyl (C=O) groups excluding carboxylic acids is 1. The number of hydrogen-bond acceptors (Lipinski definition) is 1. The van der Waals surface area contributed by atoms with Gasteiger partial charge >= 0.3 is 0 Å². The van der Waals surface area contributed by atoms with Gasteiger partial charge in [-0.05, 0) is 31.4 Å². The maximum Gasteiger partial charge on any atom is 0.254 e. The average Bonchev–Trinajstić information content (AvgIpc) is 2.31. The number of hydrogen-bond donors (Lipinski definition) is 1. The van der Waals surface area contributed by atoms with Gasteiger partial charge in [0.25, 0.3) is 5.91 Å². The molecule has 2 unspecified atom stereocenters. The summed E-state index contributed by atoms with van der Waals surface area (Å²) in [7, 11) is 0. The van der Waals surface area contributed by atoms with Crippen molar-refractivity contribution in [1.82, 2.24) is 5.32 Å². The minimum Gasteiger partial charge on any atom is -0.349 e. The number of aryl methyl sites for hydroxylation is 1.